The first kappa shape index (κ1) is 46.1. The Kier molecular flexibility index (Phi) is 12.7. The molecule has 69 heavy (non-hydrogen) atoms. The highest BCUT2D eigenvalue weighted by Gasteiger charge is 2.27. The van der Waals surface area contributed by atoms with Gasteiger partial charge in [-0.1, -0.05) is 35.7 Å². The summed E-state index contributed by atoms with van der Waals surface area (Å²) >= 11 is 6.26. The van der Waals surface area contributed by atoms with Gasteiger partial charge in [-0.25, -0.2) is 23.2 Å². The fourth-order valence-corrected chi connectivity index (χ4v) is 9.09. The summed E-state index contributed by atoms with van der Waals surface area (Å²) in [6.07, 6.45) is 7.73. The molecule has 1 aliphatic heterocycles. The van der Waals surface area contributed by atoms with Crippen molar-refractivity contribution >= 4 is 78.7 Å². The lowest BCUT2D eigenvalue weighted by molar-refractivity contribution is -0.116. The molecule has 4 aromatic heterocycles. The third kappa shape index (κ3) is 9.47. The van der Waals surface area contributed by atoms with E-state index in [1.165, 1.54) is 47.2 Å². The van der Waals surface area contributed by atoms with Crippen LogP contribution in [0, 0.1) is 12.3 Å². The van der Waals surface area contributed by atoms with Gasteiger partial charge in [-0.2, -0.15) is 4.52 Å². The van der Waals surface area contributed by atoms with E-state index in [1.807, 2.05) is 6.20 Å². The van der Waals surface area contributed by atoms with Crippen molar-refractivity contribution in [2.45, 2.75) is 63.3 Å². The maximum Gasteiger partial charge on any atom is 0.336 e. The number of anilines is 2. The van der Waals surface area contributed by atoms with Crippen LogP contribution >= 0.6 is 11.6 Å². The number of nitrogens with two attached hydrogens (primary N) is 1. The standard InChI is InChI=1S/C47H42ClN11O9S/c1-25-34(49)16-14-30-39(31-15-17-35(50)42(69(64,65)66)41(31)68-40(25)30)29-13-11-26(22-32(29)46(62)63)45(61)51-19-4-2-3-5-20-58-24-28(55-57-58)8-6-10-38(60)53-47-52-36-18-12-27(48)23-33(36)44-54-43(56-59(44)47)37-9-7-21-67-37/h7,9,11-18,21-24,49H,2-6,8,10,19-20,50H2,1H3,(H,51,61)(H,62,63)(H,52,53,60)(H,64,65,66)/p-1. The second kappa shape index (κ2) is 18.9. The van der Waals surface area contributed by atoms with Gasteiger partial charge < -0.3 is 35.0 Å². The number of carbonyl (C=O) groups is 3. The number of carbonyl (C=O) groups excluding carboxylic acids is 2. The van der Waals surface area contributed by atoms with E-state index in [4.69, 9.17) is 31.6 Å². The second-order valence-corrected chi connectivity index (χ2v) is 18.0. The Morgan fingerprint density at radius 1 is 0.957 bits per heavy atom. The van der Waals surface area contributed by atoms with Gasteiger partial charge in [0.1, 0.15) is 20.8 Å². The minimum atomic E-state index is -5.16. The van der Waals surface area contributed by atoms with E-state index in [2.05, 4.69) is 36.0 Å². The topological polar surface area (TPSA) is 303 Å². The molecule has 22 heteroatoms. The number of amides is 2. The van der Waals surface area contributed by atoms with Crippen molar-refractivity contribution in [2.75, 3.05) is 17.6 Å². The number of hydrogen-bond acceptors (Lipinski definition) is 15. The molecule has 3 aromatic carbocycles. The number of benzene rings is 4. The smallest absolute Gasteiger partial charge is 0.336 e. The van der Waals surface area contributed by atoms with Crippen LogP contribution in [-0.2, 0) is 27.9 Å². The second-order valence-electron chi connectivity index (χ2n) is 16.3. The van der Waals surface area contributed by atoms with Crippen molar-refractivity contribution < 1.29 is 41.3 Å². The Labute approximate surface area is 396 Å². The Balaban J connectivity index is 0.763. The van der Waals surface area contributed by atoms with Gasteiger partial charge >= 0.3 is 5.97 Å². The highest BCUT2D eigenvalue weighted by Crippen LogP contribution is 2.45. The Bertz CT molecular complexity index is 3630. The van der Waals surface area contributed by atoms with E-state index < -0.39 is 26.9 Å². The quantitative estimate of drug-likeness (QED) is 0.0260. The van der Waals surface area contributed by atoms with Crippen molar-refractivity contribution in [3.63, 3.8) is 0 Å². The molecule has 1 aliphatic carbocycles. The number of carboxylic acid groups (broad SMARTS) is 1. The normalized spacial score (nSPS) is 11.8. The van der Waals surface area contributed by atoms with Crippen molar-refractivity contribution in [3.8, 4) is 34.0 Å². The van der Waals surface area contributed by atoms with Crippen molar-refractivity contribution in [3.05, 3.63) is 118 Å². The zero-order valence-corrected chi connectivity index (χ0v) is 38.2. The summed E-state index contributed by atoms with van der Waals surface area (Å²) in [5.74, 6) is -1.02. The van der Waals surface area contributed by atoms with E-state index in [1.54, 1.807) is 48.0 Å². The van der Waals surface area contributed by atoms with Gasteiger partial charge in [0.05, 0.1) is 34.1 Å². The molecule has 9 rings (SSSR count). The summed E-state index contributed by atoms with van der Waals surface area (Å²) in [5, 5.41) is 38.8. The molecule has 352 valence electrons. The zero-order chi connectivity index (χ0) is 48.6. The van der Waals surface area contributed by atoms with Crippen molar-refractivity contribution in [2.24, 2.45) is 0 Å². The summed E-state index contributed by atoms with van der Waals surface area (Å²) in [6, 6.07) is 18.5. The summed E-state index contributed by atoms with van der Waals surface area (Å²) < 4.78 is 51.8. The number of fused-ring (bicyclic) bond motifs is 5. The molecule has 0 bridgehead atoms. The Morgan fingerprint density at radius 2 is 1.77 bits per heavy atom. The number of hydrogen-bond donors (Lipinski definition) is 5. The largest absolute Gasteiger partial charge is 0.744 e. The molecule has 0 fully saturated rings. The molecule has 20 nitrogen and oxygen atoms in total. The molecule has 7 aromatic rings. The molecule has 2 aliphatic rings. The molecule has 0 saturated carbocycles. The molecule has 0 unspecified atom stereocenters. The van der Waals surface area contributed by atoms with Crippen molar-refractivity contribution in [1.29, 1.82) is 5.41 Å². The first-order valence-corrected chi connectivity index (χ1v) is 23.5. The molecule has 0 spiro atoms. The summed E-state index contributed by atoms with van der Waals surface area (Å²) in [7, 11) is -5.16. The van der Waals surface area contributed by atoms with Crippen LogP contribution in [0.15, 0.2) is 99.0 Å². The highest BCUT2D eigenvalue weighted by atomic mass is 35.5. The predicted molar refractivity (Wildman–Crippen MR) is 252 cm³/mol. The highest BCUT2D eigenvalue weighted by molar-refractivity contribution is 7.86. The number of aromatic carboxylic acids is 1. The number of nitrogens with zero attached hydrogens (tertiary/aromatic N) is 7. The van der Waals surface area contributed by atoms with Crippen LogP contribution in [0.2, 0.25) is 5.02 Å². The van der Waals surface area contributed by atoms with Gasteiger partial charge in [0, 0.05) is 63.8 Å². The van der Waals surface area contributed by atoms with Crippen LogP contribution in [0.4, 0.5) is 11.6 Å². The van der Waals surface area contributed by atoms with Gasteiger partial charge in [-0.3, -0.25) is 19.6 Å². The van der Waals surface area contributed by atoms with Gasteiger partial charge in [0.25, 0.3) is 5.91 Å². The zero-order valence-electron chi connectivity index (χ0n) is 36.7. The Hall–Kier alpha value is -8.01. The predicted octanol–water partition coefficient (Wildman–Crippen LogP) is 7.22. The van der Waals surface area contributed by atoms with Gasteiger partial charge in [0.15, 0.2) is 17.0 Å². The molecule has 0 atom stereocenters. The molecule has 6 N–H and O–H groups in total. The maximum atomic E-state index is 13.3. The third-order valence-corrected chi connectivity index (χ3v) is 12.7. The minimum Gasteiger partial charge on any atom is -0.744 e. The lowest BCUT2D eigenvalue weighted by atomic mass is 9.88. The van der Waals surface area contributed by atoms with E-state index in [0.717, 1.165) is 25.0 Å². The number of aryl methyl sites for hydroxylation is 2. The summed E-state index contributed by atoms with van der Waals surface area (Å²) in [4.78, 5) is 47.6. The Morgan fingerprint density at radius 3 is 2.55 bits per heavy atom. The van der Waals surface area contributed by atoms with E-state index in [0.29, 0.717) is 76.6 Å². The van der Waals surface area contributed by atoms with Crippen molar-refractivity contribution in [1.82, 2.24) is 39.9 Å². The SMILES string of the molecule is Cc1c2oc3c(S(=O)(=O)[O-])c(N)ccc3c(-c3ccc(C(=O)NCCCCCCn4cc(CCCC(=O)Nc5nc6ccc(Cl)cc6c6nc(-c7ccco7)nn56)nn4)cc3C(=O)O)c-2ccc1=N. The third-order valence-electron chi connectivity index (χ3n) is 11.6. The minimum absolute atomic E-state index is 0.0658. The van der Waals surface area contributed by atoms with Crippen LogP contribution in [0.25, 0.3) is 61.6 Å². The number of furan rings is 1. The lowest BCUT2D eigenvalue weighted by Crippen LogP contribution is -2.24. The fourth-order valence-electron chi connectivity index (χ4n) is 8.18. The molecule has 0 radical (unpaired) electrons. The molecule has 2 amide bonds. The molecular formula is C47H41ClN11O9S-. The number of unbranched alkanes of at least 4 members (excludes halogenated alkanes) is 3. The number of halogens is 1. The molecular weight excluding hydrogens is 930 g/mol. The average Bonchev–Trinajstić information content (AvgIpc) is 4.12. The van der Waals surface area contributed by atoms with Crippen LogP contribution in [0.1, 0.15) is 70.5 Å². The van der Waals surface area contributed by atoms with E-state index in [9.17, 15) is 32.5 Å². The fraction of sp³-hybridized carbons (Fsp3) is 0.213. The first-order valence-electron chi connectivity index (χ1n) is 21.7. The number of nitrogens with one attached hydrogen (secondary N) is 3. The maximum absolute atomic E-state index is 13.3. The van der Waals surface area contributed by atoms with Crippen LogP contribution in [0.3, 0.4) is 0 Å². The molecule has 5 heterocycles. The summed E-state index contributed by atoms with van der Waals surface area (Å²) in [6.45, 7) is 2.54. The van der Waals surface area contributed by atoms with Gasteiger partial charge in [-0.15, -0.1) is 10.2 Å². The molecule has 0 saturated heterocycles. The van der Waals surface area contributed by atoms with E-state index >= 15 is 0 Å². The number of rotatable bonds is 17. The monoisotopic (exact) mass is 970 g/mol. The summed E-state index contributed by atoms with van der Waals surface area (Å²) in [5.41, 5.74) is 7.87. The number of carboxylic acids is 1. The number of nitrogen functional groups attached to an aromatic ring is 1. The van der Waals surface area contributed by atoms with Crippen LogP contribution < -0.4 is 21.7 Å². The lowest BCUT2D eigenvalue weighted by Gasteiger charge is -2.21. The number of aromatic nitrogens is 7. The first-order chi connectivity index (χ1) is 33.1. The van der Waals surface area contributed by atoms with E-state index in [-0.39, 0.29) is 68.3 Å². The van der Waals surface area contributed by atoms with Crippen LogP contribution in [0.5, 0.6) is 0 Å². The van der Waals surface area contributed by atoms with Crippen LogP contribution in [-0.4, -0.2) is 77.0 Å². The van der Waals surface area contributed by atoms with Gasteiger partial charge in [0.2, 0.25) is 17.7 Å². The average molecular weight is 971 g/mol. The van der Waals surface area contributed by atoms with Gasteiger partial charge in [-0.05, 0) is 105 Å².